The summed E-state index contributed by atoms with van der Waals surface area (Å²) >= 11 is 1.74. The van der Waals surface area contributed by atoms with Crippen LogP contribution in [-0.2, 0) is 6.54 Å². The lowest BCUT2D eigenvalue weighted by atomic mass is 10.2. The molecule has 4 heteroatoms. The van der Waals surface area contributed by atoms with E-state index >= 15 is 0 Å². The quantitative estimate of drug-likeness (QED) is 0.825. The Hall–Kier alpha value is -0.450. The molecule has 1 aliphatic carbocycles. The molecule has 2 atom stereocenters. The fraction of sp³-hybridized carbons (Fsp3) is 0.727. The first-order chi connectivity index (χ1) is 7.16. The van der Waals surface area contributed by atoms with Crippen molar-refractivity contribution in [2.24, 2.45) is 0 Å². The van der Waals surface area contributed by atoms with Crippen LogP contribution in [0.2, 0.25) is 0 Å². The average molecular weight is 226 g/mol. The van der Waals surface area contributed by atoms with Gasteiger partial charge in [-0.3, -0.25) is 0 Å². The minimum Gasteiger partial charge on any atom is -0.392 e. The standard InChI is InChI=1S/C11H18N2OS/c1-7-11(15-8(2)13-7)6-12-9-4-3-5-10(9)14/h9-10,12,14H,3-6H2,1-2H3. The lowest BCUT2D eigenvalue weighted by molar-refractivity contribution is 0.148. The van der Waals surface area contributed by atoms with Crippen molar-refractivity contribution in [2.75, 3.05) is 0 Å². The van der Waals surface area contributed by atoms with Crippen molar-refractivity contribution in [1.82, 2.24) is 10.3 Å². The molecule has 0 amide bonds. The molecule has 0 aliphatic heterocycles. The van der Waals surface area contributed by atoms with Crippen LogP contribution in [-0.4, -0.2) is 22.2 Å². The van der Waals surface area contributed by atoms with Gasteiger partial charge >= 0.3 is 0 Å². The van der Waals surface area contributed by atoms with Gasteiger partial charge in [0.15, 0.2) is 0 Å². The predicted molar refractivity (Wildman–Crippen MR) is 62.1 cm³/mol. The Morgan fingerprint density at radius 1 is 1.47 bits per heavy atom. The first kappa shape index (κ1) is 11.0. The van der Waals surface area contributed by atoms with Crippen molar-refractivity contribution in [2.45, 2.75) is 51.8 Å². The smallest absolute Gasteiger partial charge is 0.0900 e. The lowest BCUT2D eigenvalue weighted by Crippen LogP contribution is -2.34. The summed E-state index contributed by atoms with van der Waals surface area (Å²) in [5, 5.41) is 14.2. The van der Waals surface area contributed by atoms with Gasteiger partial charge in [-0.25, -0.2) is 4.98 Å². The summed E-state index contributed by atoms with van der Waals surface area (Å²) in [5.74, 6) is 0. The minimum atomic E-state index is -0.153. The van der Waals surface area contributed by atoms with Gasteiger partial charge in [-0.05, 0) is 33.1 Å². The van der Waals surface area contributed by atoms with E-state index in [-0.39, 0.29) is 12.1 Å². The number of aliphatic hydroxyl groups is 1. The van der Waals surface area contributed by atoms with Gasteiger partial charge in [0.05, 0.1) is 16.8 Å². The summed E-state index contributed by atoms with van der Waals surface area (Å²) < 4.78 is 0. The number of aliphatic hydroxyl groups excluding tert-OH is 1. The highest BCUT2D eigenvalue weighted by molar-refractivity contribution is 7.11. The van der Waals surface area contributed by atoms with Crippen LogP contribution in [0.15, 0.2) is 0 Å². The van der Waals surface area contributed by atoms with Crippen LogP contribution in [0.3, 0.4) is 0 Å². The van der Waals surface area contributed by atoms with Crippen LogP contribution >= 0.6 is 11.3 Å². The second-order valence-corrected chi connectivity index (χ2v) is 5.51. The summed E-state index contributed by atoms with van der Waals surface area (Å²) in [4.78, 5) is 5.69. The summed E-state index contributed by atoms with van der Waals surface area (Å²) in [5.41, 5.74) is 1.12. The zero-order valence-corrected chi connectivity index (χ0v) is 10.1. The number of nitrogens with one attached hydrogen (secondary N) is 1. The Bertz CT molecular complexity index is 337. The van der Waals surface area contributed by atoms with Gasteiger partial charge in [-0.2, -0.15) is 0 Å². The number of aryl methyl sites for hydroxylation is 2. The molecule has 3 nitrogen and oxygen atoms in total. The first-order valence-electron chi connectivity index (χ1n) is 5.51. The van der Waals surface area contributed by atoms with Gasteiger partial charge in [-0.15, -0.1) is 11.3 Å². The molecule has 1 fully saturated rings. The minimum absolute atomic E-state index is 0.153. The van der Waals surface area contributed by atoms with Gasteiger partial charge in [0.2, 0.25) is 0 Å². The lowest BCUT2D eigenvalue weighted by Gasteiger charge is -2.15. The molecule has 2 N–H and O–H groups in total. The molecule has 2 unspecified atom stereocenters. The highest BCUT2D eigenvalue weighted by atomic mass is 32.1. The van der Waals surface area contributed by atoms with Crippen molar-refractivity contribution in [1.29, 1.82) is 0 Å². The van der Waals surface area contributed by atoms with Crippen molar-refractivity contribution in [3.05, 3.63) is 15.6 Å². The Kier molecular flexibility index (Phi) is 3.38. The Morgan fingerprint density at radius 3 is 2.80 bits per heavy atom. The van der Waals surface area contributed by atoms with E-state index in [1.54, 1.807) is 11.3 Å². The van der Waals surface area contributed by atoms with Crippen LogP contribution in [0.4, 0.5) is 0 Å². The fourth-order valence-electron chi connectivity index (χ4n) is 2.14. The van der Waals surface area contributed by atoms with Crippen LogP contribution in [0.1, 0.15) is 34.8 Å². The summed E-state index contributed by atoms with van der Waals surface area (Å²) in [6, 6.07) is 0.284. The van der Waals surface area contributed by atoms with E-state index in [1.807, 2.05) is 13.8 Å². The number of aromatic nitrogens is 1. The van der Waals surface area contributed by atoms with E-state index in [4.69, 9.17) is 0 Å². The molecule has 0 saturated heterocycles. The molecule has 0 radical (unpaired) electrons. The fourth-order valence-corrected chi connectivity index (χ4v) is 3.03. The number of thiazole rings is 1. The third-order valence-electron chi connectivity index (χ3n) is 3.00. The first-order valence-corrected chi connectivity index (χ1v) is 6.33. The van der Waals surface area contributed by atoms with Crippen molar-refractivity contribution in [3.8, 4) is 0 Å². The maximum Gasteiger partial charge on any atom is 0.0900 e. The van der Waals surface area contributed by atoms with E-state index in [0.717, 1.165) is 36.5 Å². The van der Waals surface area contributed by atoms with Gasteiger partial charge in [0, 0.05) is 17.5 Å². The molecule has 1 aliphatic rings. The Balaban J connectivity index is 1.90. The number of nitrogens with zero attached hydrogens (tertiary/aromatic N) is 1. The molecule has 1 saturated carbocycles. The highest BCUT2D eigenvalue weighted by Crippen LogP contribution is 2.21. The highest BCUT2D eigenvalue weighted by Gasteiger charge is 2.24. The van der Waals surface area contributed by atoms with Crippen LogP contribution in [0.5, 0.6) is 0 Å². The monoisotopic (exact) mass is 226 g/mol. The maximum absolute atomic E-state index is 9.67. The van der Waals surface area contributed by atoms with E-state index in [9.17, 15) is 5.11 Å². The Morgan fingerprint density at radius 2 is 2.27 bits per heavy atom. The molecule has 1 heterocycles. The predicted octanol–water partition coefficient (Wildman–Crippen LogP) is 1.76. The molecule has 1 aromatic heterocycles. The van der Waals surface area contributed by atoms with Gasteiger partial charge in [0.1, 0.15) is 0 Å². The average Bonchev–Trinajstić information content (AvgIpc) is 2.70. The zero-order valence-electron chi connectivity index (χ0n) is 9.29. The van der Waals surface area contributed by atoms with E-state index in [1.165, 1.54) is 4.88 Å². The van der Waals surface area contributed by atoms with E-state index in [2.05, 4.69) is 10.3 Å². The molecule has 1 aromatic rings. The molecule has 0 bridgehead atoms. The second kappa shape index (κ2) is 4.60. The molecular weight excluding hydrogens is 208 g/mol. The Labute approximate surface area is 94.5 Å². The molecule has 0 spiro atoms. The molecule has 2 rings (SSSR count). The van der Waals surface area contributed by atoms with E-state index < -0.39 is 0 Å². The molecule has 84 valence electrons. The molecular formula is C11H18N2OS. The zero-order chi connectivity index (χ0) is 10.8. The SMILES string of the molecule is Cc1nc(C)c(CNC2CCCC2O)s1. The second-order valence-electron chi connectivity index (χ2n) is 4.23. The normalized spacial score (nSPS) is 26.1. The molecule has 15 heavy (non-hydrogen) atoms. The van der Waals surface area contributed by atoms with Gasteiger partial charge < -0.3 is 10.4 Å². The summed E-state index contributed by atoms with van der Waals surface area (Å²) in [7, 11) is 0. The van der Waals surface area contributed by atoms with Gasteiger partial charge in [0.25, 0.3) is 0 Å². The van der Waals surface area contributed by atoms with Crippen molar-refractivity contribution >= 4 is 11.3 Å². The van der Waals surface area contributed by atoms with Crippen LogP contribution < -0.4 is 5.32 Å². The largest absolute Gasteiger partial charge is 0.392 e. The van der Waals surface area contributed by atoms with Crippen molar-refractivity contribution in [3.63, 3.8) is 0 Å². The number of rotatable bonds is 3. The molecule has 0 aromatic carbocycles. The van der Waals surface area contributed by atoms with Crippen molar-refractivity contribution < 1.29 is 5.11 Å². The number of hydrogen-bond acceptors (Lipinski definition) is 4. The summed E-state index contributed by atoms with van der Waals surface area (Å²) in [6.07, 6.45) is 3.02. The van der Waals surface area contributed by atoms with Gasteiger partial charge in [-0.1, -0.05) is 0 Å². The topological polar surface area (TPSA) is 45.2 Å². The maximum atomic E-state index is 9.67. The van der Waals surface area contributed by atoms with Crippen LogP contribution in [0, 0.1) is 13.8 Å². The third-order valence-corrected chi connectivity index (χ3v) is 4.08. The van der Waals surface area contributed by atoms with Crippen LogP contribution in [0.25, 0.3) is 0 Å². The summed E-state index contributed by atoms with van der Waals surface area (Å²) in [6.45, 7) is 4.93. The number of hydrogen-bond donors (Lipinski definition) is 2. The third kappa shape index (κ3) is 2.56. The van der Waals surface area contributed by atoms with E-state index in [0.29, 0.717) is 0 Å².